The average molecular weight is 428 g/mol. The monoisotopic (exact) mass is 427 g/mol. The number of rotatable bonds is 6. The highest BCUT2D eigenvalue weighted by molar-refractivity contribution is 7.90. The van der Waals surface area contributed by atoms with Gasteiger partial charge in [0, 0.05) is 25.2 Å². The zero-order valence-corrected chi connectivity index (χ0v) is 17.5. The SMILES string of the molecule is Cc1ccc(S(=O)(=O)NC(C)(C)CN)cc1S(=O)(=O)N1CCOCC1.Cl. The van der Waals surface area contributed by atoms with Crippen molar-refractivity contribution in [1.29, 1.82) is 0 Å². The first-order valence-electron chi connectivity index (χ1n) is 7.92. The van der Waals surface area contributed by atoms with Gasteiger partial charge in [-0.2, -0.15) is 4.31 Å². The predicted octanol–water partition coefficient (Wildman–Crippen LogP) is 0.453. The third-order valence-electron chi connectivity index (χ3n) is 3.98. The van der Waals surface area contributed by atoms with Crippen molar-refractivity contribution < 1.29 is 21.6 Å². The van der Waals surface area contributed by atoms with E-state index in [0.717, 1.165) is 0 Å². The van der Waals surface area contributed by atoms with Crippen LogP contribution in [0.5, 0.6) is 0 Å². The number of halogens is 1. The van der Waals surface area contributed by atoms with Crippen LogP contribution in [0, 0.1) is 6.92 Å². The average Bonchev–Trinajstić information content (AvgIpc) is 2.54. The maximum Gasteiger partial charge on any atom is 0.243 e. The third-order valence-corrected chi connectivity index (χ3v) is 7.72. The number of sulfonamides is 2. The number of aryl methyl sites for hydroxylation is 1. The summed E-state index contributed by atoms with van der Waals surface area (Å²) in [6.45, 7) is 6.20. The molecule has 0 unspecified atom stereocenters. The van der Waals surface area contributed by atoms with Gasteiger partial charge in [0.05, 0.1) is 23.0 Å². The van der Waals surface area contributed by atoms with Gasteiger partial charge in [0.2, 0.25) is 20.0 Å². The number of nitrogens with one attached hydrogen (secondary N) is 1. The molecule has 0 radical (unpaired) electrons. The minimum Gasteiger partial charge on any atom is -0.379 e. The summed E-state index contributed by atoms with van der Waals surface area (Å²) in [4.78, 5) is -0.116. The summed E-state index contributed by atoms with van der Waals surface area (Å²) in [7, 11) is -7.69. The summed E-state index contributed by atoms with van der Waals surface area (Å²) in [5, 5.41) is 0. The van der Waals surface area contributed by atoms with Crippen molar-refractivity contribution in [3.63, 3.8) is 0 Å². The van der Waals surface area contributed by atoms with E-state index in [9.17, 15) is 16.8 Å². The smallest absolute Gasteiger partial charge is 0.243 e. The highest BCUT2D eigenvalue weighted by atomic mass is 35.5. The first kappa shape index (κ1) is 23.3. The van der Waals surface area contributed by atoms with Crippen LogP contribution >= 0.6 is 12.4 Å². The third kappa shape index (κ3) is 5.16. The van der Waals surface area contributed by atoms with E-state index in [1.807, 2.05) is 0 Å². The van der Waals surface area contributed by atoms with Crippen LogP contribution in [0.25, 0.3) is 0 Å². The molecule has 0 saturated carbocycles. The predicted molar refractivity (Wildman–Crippen MR) is 101 cm³/mol. The summed E-state index contributed by atoms with van der Waals surface area (Å²) in [6.07, 6.45) is 0. The lowest BCUT2D eigenvalue weighted by atomic mass is 10.1. The number of ether oxygens (including phenoxy) is 1. The highest BCUT2D eigenvalue weighted by Gasteiger charge is 2.30. The molecule has 1 aliphatic rings. The molecule has 3 N–H and O–H groups in total. The summed E-state index contributed by atoms with van der Waals surface area (Å²) < 4.78 is 59.9. The van der Waals surface area contributed by atoms with E-state index >= 15 is 0 Å². The van der Waals surface area contributed by atoms with Crippen molar-refractivity contribution in [2.24, 2.45) is 5.73 Å². The largest absolute Gasteiger partial charge is 0.379 e. The van der Waals surface area contributed by atoms with Gasteiger partial charge in [0.15, 0.2) is 0 Å². The maximum atomic E-state index is 12.9. The van der Waals surface area contributed by atoms with E-state index in [1.54, 1.807) is 20.8 Å². The maximum absolute atomic E-state index is 12.9. The number of hydrogen-bond donors (Lipinski definition) is 2. The Balaban J connectivity index is 0.00000338. The van der Waals surface area contributed by atoms with E-state index in [1.165, 1.54) is 22.5 Å². The van der Waals surface area contributed by atoms with E-state index < -0.39 is 25.6 Å². The van der Waals surface area contributed by atoms with Crippen molar-refractivity contribution >= 4 is 32.5 Å². The number of nitrogens with two attached hydrogens (primary N) is 1. The Labute approximate surface area is 161 Å². The molecule has 11 heteroatoms. The Bertz CT molecular complexity index is 835. The molecule has 8 nitrogen and oxygen atoms in total. The molecule has 1 fully saturated rings. The molecule has 0 aromatic heterocycles. The number of morpholine rings is 1. The second-order valence-electron chi connectivity index (χ2n) is 6.64. The normalized spacial score (nSPS) is 16.9. The first-order chi connectivity index (χ1) is 11.5. The minimum atomic E-state index is -3.90. The quantitative estimate of drug-likeness (QED) is 0.680. The molecular weight excluding hydrogens is 402 g/mol. The van der Waals surface area contributed by atoms with Crippen molar-refractivity contribution in [2.45, 2.75) is 36.1 Å². The molecule has 1 aliphatic heterocycles. The van der Waals surface area contributed by atoms with Crippen LogP contribution in [0.15, 0.2) is 28.0 Å². The van der Waals surface area contributed by atoms with E-state index in [0.29, 0.717) is 18.8 Å². The van der Waals surface area contributed by atoms with Gasteiger partial charge >= 0.3 is 0 Å². The minimum absolute atomic E-state index is 0. The van der Waals surface area contributed by atoms with Gasteiger partial charge in [0.1, 0.15) is 0 Å². The standard InChI is InChI=1S/C15H25N3O5S2.ClH/c1-12-4-5-13(24(19,20)17-15(2,3)11-16)10-14(12)25(21,22)18-6-8-23-9-7-18;/h4-5,10,17H,6-9,11,16H2,1-3H3;1H. The Morgan fingerprint density at radius 3 is 2.31 bits per heavy atom. The van der Waals surface area contributed by atoms with Gasteiger partial charge in [-0.25, -0.2) is 21.6 Å². The van der Waals surface area contributed by atoms with Gasteiger partial charge in [-0.05, 0) is 38.5 Å². The second kappa shape index (κ2) is 8.51. The Hall–Kier alpha value is -0.750. The number of nitrogens with zero attached hydrogens (tertiary/aromatic N) is 1. The molecule has 0 aliphatic carbocycles. The van der Waals surface area contributed by atoms with Gasteiger partial charge in [-0.3, -0.25) is 0 Å². The molecule has 0 spiro atoms. The molecule has 1 saturated heterocycles. The molecule has 1 aromatic rings. The van der Waals surface area contributed by atoms with Crippen molar-refractivity contribution in [2.75, 3.05) is 32.8 Å². The Kier molecular flexibility index (Phi) is 7.62. The van der Waals surface area contributed by atoms with Gasteiger partial charge < -0.3 is 10.5 Å². The zero-order valence-electron chi connectivity index (χ0n) is 15.1. The van der Waals surface area contributed by atoms with Crippen molar-refractivity contribution in [1.82, 2.24) is 9.03 Å². The van der Waals surface area contributed by atoms with Crippen molar-refractivity contribution in [3.05, 3.63) is 23.8 Å². The lowest BCUT2D eigenvalue weighted by Crippen LogP contribution is -2.48. The fraction of sp³-hybridized carbons (Fsp3) is 0.600. The van der Waals surface area contributed by atoms with Crippen LogP contribution in [0.1, 0.15) is 19.4 Å². The summed E-state index contributed by atoms with van der Waals surface area (Å²) in [5.74, 6) is 0. The van der Waals surface area contributed by atoms with Crippen LogP contribution < -0.4 is 10.5 Å². The molecule has 150 valence electrons. The Morgan fingerprint density at radius 2 is 1.77 bits per heavy atom. The molecule has 1 aromatic carbocycles. The molecule has 1 heterocycles. The lowest BCUT2D eigenvalue weighted by molar-refractivity contribution is 0.0730. The zero-order chi connectivity index (χ0) is 18.9. The number of hydrogen-bond acceptors (Lipinski definition) is 6. The van der Waals surface area contributed by atoms with Crippen LogP contribution in [0.2, 0.25) is 0 Å². The molecule has 0 amide bonds. The van der Waals surface area contributed by atoms with Crippen molar-refractivity contribution in [3.8, 4) is 0 Å². The fourth-order valence-corrected chi connectivity index (χ4v) is 5.60. The van der Waals surface area contributed by atoms with E-state index in [-0.39, 0.29) is 41.8 Å². The van der Waals surface area contributed by atoms with Gasteiger partial charge in [-0.15, -0.1) is 12.4 Å². The highest BCUT2D eigenvalue weighted by Crippen LogP contribution is 2.24. The fourth-order valence-electron chi connectivity index (χ4n) is 2.42. The summed E-state index contributed by atoms with van der Waals surface area (Å²) in [5.41, 5.74) is 5.22. The van der Waals surface area contributed by atoms with E-state index in [4.69, 9.17) is 10.5 Å². The second-order valence-corrected chi connectivity index (χ2v) is 10.2. The Morgan fingerprint density at radius 1 is 1.19 bits per heavy atom. The van der Waals surface area contributed by atoms with Crippen LogP contribution in [0.4, 0.5) is 0 Å². The van der Waals surface area contributed by atoms with Crippen LogP contribution in [-0.4, -0.2) is 59.5 Å². The number of benzene rings is 1. The van der Waals surface area contributed by atoms with Gasteiger partial charge in [0.25, 0.3) is 0 Å². The van der Waals surface area contributed by atoms with E-state index in [2.05, 4.69) is 4.72 Å². The molecule has 26 heavy (non-hydrogen) atoms. The summed E-state index contributed by atoms with van der Waals surface area (Å²) in [6, 6.07) is 4.09. The first-order valence-corrected chi connectivity index (χ1v) is 10.8. The molecule has 0 atom stereocenters. The lowest BCUT2D eigenvalue weighted by Gasteiger charge is -2.27. The van der Waals surface area contributed by atoms with Gasteiger partial charge in [-0.1, -0.05) is 6.07 Å². The molecular formula is C15H26ClN3O5S2. The summed E-state index contributed by atoms with van der Waals surface area (Å²) >= 11 is 0. The molecule has 2 rings (SSSR count). The van der Waals surface area contributed by atoms with Crippen LogP contribution in [0.3, 0.4) is 0 Å². The molecule has 0 bridgehead atoms. The topological polar surface area (TPSA) is 119 Å². The van der Waals surface area contributed by atoms with Crippen LogP contribution in [-0.2, 0) is 24.8 Å².